The molecular formula is C20H18N4O4S2. The number of thiazole rings is 1. The van der Waals surface area contributed by atoms with Gasteiger partial charge in [0.05, 0.1) is 34.1 Å². The summed E-state index contributed by atoms with van der Waals surface area (Å²) in [4.78, 5) is 47.5. The number of fused-ring (bicyclic) bond motifs is 2. The predicted molar refractivity (Wildman–Crippen MR) is 118 cm³/mol. The molecule has 0 atom stereocenters. The summed E-state index contributed by atoms with van der Waals surface area (Å²) in [6.07, 6.45) is 1.39. The average Bonchev–Trinajstić information content (AvgIpc) is 3.23. The van der Waals surface area contributed by atoms with E-state index in [9.17, 15) is 14.4 Å². The quantitative estimate of drug-likeness (QED) is 0.475. The molecule has 3 heterocycles. The van der Waals surface area contributed by atoms with Crippen LogP contribution in [-0.2, 0) is 16.1 Å². The highest BCUT2D eigenvalue weighted by Crippen LogP contribution is 2.27. The molecule has 0 bridgehead atoms. The molecule has 0 aliphatic rings. The SMILES string of the molecule is CCOC(=O)c1ccc2nc(NC(=O)Cn3cnc4sc(C)c(C)c4c3=O)sc2c1. The fraction of sp³-hybridized carbons (Fsp3) is 0.250. The third kappa shape index (κ3) is 3.71. The number of hydrogen-bond acceptors (Lipinski definition) is 8. The van der Waals surface area contributed by atoms with Gasteiger partial charge in [0.1, 0.15) is 11.4 Å². The number of benzene rings is 1. The van der Waals surface area contributed by atoms with Gasteiger partial charge < -0.3 is 10.1 Å². The maximum atomic E-state index is 12.7. The smallest absolute Gasteiger partial charge is 0.338 e. The molecular weight excluding hydrogens is 424 g/mol. The lowest BCUT2D eigenvalue weighted by Crippen LogP contribution is -2.27. The third-order valence-electron chi connectivity index (χ3n) is 4.62. The molecule has 1 amide bonds. The van der Waals surface area contributed by atoms with Crippen molar-refractivity contribution in [1.82, 2.24) is 14.5 Å². The van der Waals surface area contributed by atoms with Crippen molar-refractivity contribution in [2.75, 3.05) is 11.9 Å². The number of nitrogens with zero attached hydrogens (tertiary/aromatic N) is 3. The van der Waals surface area contributed by atoms with Crippen LogP contribution in [0.3, 0.4) is 0 Å². The fourth-order valence-electron chi connectivity index (χ4n) is 3.02. The zero-order chi connectivity index (χ0) is 21.4. The predicted octanol–water partition coefficient (Wildman–Crippen LogP) is 3.50. The minimum Gasteiger partial charge on any atom is -0.462 e. The molecule has 0 aliphatic heterocycles. The second-order valence-electron chi connectivity index (χ2n) is 6.61. The summed E-state index contributed by atoms with van der Waals surface area (Å²) in [5, 5.41) is 3.66. The van der Waals surface area contributed by atoms with E-state index in [1.807, 2.05) is 13.8 Å². The molecule has 0 saturated carbocycles. The van der Waals surface area contributed by atoms with Gasteiger partial charge in [0.25, 0.3) is 5.56 Å². The van der Waals surface area contributed by atoms with Crippen LogP contribution in [-0.4, -0.2) is 33.0 Å². The Bertz CT molecular complexity index is 1350. The van der Waals surface area contributed by atoms with Crippen molar-refractivity contribution in [2.45, 2.75) is 27.3 Å². The van der Waals surface area contributed by atoms with Crippen molar-refractivity contribution in [3.8, 4) is 0 Å². The van der Waals surface area contributed by atoms with Gasteiger partial charge in [0.15, 0.2) is 5.13 Å². The van der Waals surface area contributed by atoms with Crippen LogP contribution in [0.15, 0.2) is 29.3 Å². The van der Waals surface area contributed by atoms with E-state index in [1.54, 1.807) is 25.1 Å². The summed E-state index contributed by atoms with van der Waals surface area (Å²) < 4.78 is 7.05. The summed E-state index contributed by atoms with van der Waals surface area (Å²) >= 11 is 2.71. The van der Waals surface area contributed by atoms with Crippen LogP contribution in [0.5, 0.6) is 0 Å². The largest absolute Gasteiger partial charge is 0.462 e. The molecule has 1 N–H and O–H groups in total. The Morgan fingerprint density at radius 2 is 2.03 bits per heavy atom. The highest BCUT2D eigenvalue weighted by atomic mass is 32.1. The minimum absolute atomic E-state index is 0.167. The number of aromatic nitrogens is 3. The van der Waals surface area contributed by atoms with Gasteiger partial charge in [-0.3, -0.25) is 14.2 Å². The van der Waals surface area contributed by atoms with Crippen LogP contribution in [0, 0.1) is 13.8 Å². The van der Waals surface area contributed by atoms with E-state index >= 15 is 0 Å². The van der Waals surface area contributed by atoms with E-state index in [4.69, 9.17) is 4.74 Å². The zero-order valence-corrected chi connectivity index (χ0v) is 18.1. The zero-order valence-electron chi connectivity index (χ0n) is 16.5. The third-order valence-corrected chi connectivity index (χ3v) is 6.66. The van der Waals surface area contributed by atoms with Gasteiger partial charge in [-0.05, 0) is 44.5 Å². The summed E-state index contributed by atoms with van der Waals surface area (Å²) in [6.45, 7) is 5.70. The van der Waals surface area contributed by atoms with Gasteiger partial charge in [0, 0.05) is 4.88 Å². The van der Waals surface area contributed by atoms with Gasteiger partial charge in [-0.2, -0.15) is 0 Å². The average molecular weight is 443 g/mol. The number of carbonyl (C=O) groups excluding carboxylic acids is 2. The molecule has 4 aromatic rings. The number of anilines is 1. The first kappa shape index (κ1) is 20.2. The van der Waals surface area contributed by atoms with E-state index in [2.05, 4.69) is 15.3 Å². The molecule has 0 spiro atoms. The molecule has 0 aliphatic carbocycles. The molecule has 0 radical (unpaired) electrons. The van der Waals surface area contributed by atoms with E-state index < -0.39 is 5.97 Å². The number of amides is 1. The monoisotopic (exact) mass is 442 g/mol. The number of thiophene rings is 1. The number of rotatable bonds is 5. The van der Waals surface area contributed by atoms with Crippen molar-refractivity contribution in [2.24, 2.45) is 0 Å². The summed E-state index contributed by atoms with van der Waals surface area (Å²) in [6, 6.07) is 5.03. The van der Waals surface area contributed by atoms with Gasteiger partial charge in [0.2, 0.25) is 5.91 Å². The van der Waals surface area contributed by atoms with Crippen molar-refractivity contribution < 1.29 is 14.3 Å². The van der Waals surface area contributed by atoms with Crippen LogP contribution in [0.25, 0.3) is 20.4 Å². The van der Waals surface area contributed by atoms with E-state index in [1.165, 1.54) is 33.6 Å². The minimum atomic E-state index is -0.403. The highest BCUT2D eigenvalue weighted by Gasteiger charge is 2.15. The molecule has 0 saturated heterocycles. The Morgan fingerprint density at radius 3 is 2.80 bits per heavy atom. The normalized spacial score (nSPS) is 11.2. The number of ether oxygens (including phenoxy) is 1. The van der Waals surface area contributed by atoms with Gasteiger partial charge in [-0.25, -0.2) is 14.8 Å². The molecule has 154 valence electrons. The molecule has 4 rings (SSSR count). The highest BCUT2D eigenvalue weighted by molar-refractivity contribution is 7.22. The maximum absolute atomic E-state index is 12.7. The van der Waals surface area contributed by atoms with Crippen LogP contribution in [0.1, 0.15) is 27.7 Å². The molecule has 0 unspecified atom stereocenters. The number of aryl methyl sites for hydroxylation is 2. The number of hydrogen-bond donors (Lipinski definition) is 1. The van der Waals surface area contributed by atoms with Crippen LogP contribution in [0.4, 0.5) is 5.13 Å². The second-order valence-corrected chi connectivity index (χ2v) is 8.85. The van der Waals surface area contributed by atoms with Crippen molar-refractivity contribution in [3.05, 3.63) is 50.9 Å². The fourth-order valence-corrected chi connectivity index (χ4v) is 4.92. The molecule has 8 nitrogen and oxygen atoms in total. The first-order chi connectivity index (χ1) is 14.4. The number of nitrogens with one attached hydrogen (secondary N) is 1. The number of esters is 1. The lowest BCUT2D eigenvalue weighted by atomic mass is 10.2. The van der Waals surface area contributed by atoms with Crippen molar-refractivity contribution in [1.29, 1.82) is 0 Å². The van der Waals surface area contributed by atoms with E-state index in [0.717, 1.165) is 15.1 Å². The van der Waals surface area contributed by atoms with Crippen LogP contribution in [0.2, 0.25) is 0 Å². The Balaban J connectivity index is 1.54. The molecule has 3 aromatic heterocycles. The second kappa shape index (κ2) is 7.96. The molecule has 30 heavy (non-hydrogen) atoms. The Morgan fingerprint density at radius 1 is 1.23 bits per heavy atom. The van der Waals surface area contributed by atoms with Crippen molar-refractivity contribution in [3.63, 3.8) is 0 Å². The standard InChI is InChI=1S/C20H18N4O4S2/c1-4-28-19(27)12-5-6-13-14(7-12)30-20(22-13)23-15(25)8-24-9-21-17-16(18(24)26)10(2)11(3)29-17/h5-7,9H,4,8H2,1-3H3,(H,22,23,25). The van der Waals surface area contributed by atoms with E-state index in [-0.39, 0.29) is 18.0 Å². The van der Waals surface area contributed by atoms with Gasteiger partial charge in [-0.1, -0.05) is 11.3 Å². The van der Waals surface area contributed by atoms with Gasteiger partial charge in [-0.15, -0.1) is 11.3 Å². The molecule has 1 aromatic carbocycles. The summed E-state index contributed by atoms with van der Waals surface area (Å²) in [5.74, 6) is -0.785. The van der Waals surface area contributed by atoms with Gasteiger partial charge >= 0.3 is 5.97 Å². The first-order valence-corrected chi connectivity index (χ1v) is 10.8. The topological polar surface area (TPSA) is 103 Å². The summed E-state index contributed by atoms with van der Waals surface area (Å²) in [7, 11) is 0. The van der Waals surface area contributed by atoms with E-state index in [0.29, 0.717) is 33.0 Å². The van der Waals surface area contributed by atoms with Crippen LogP contribution < -0.4 is 10.9 Å². The van der Waals surface area contributed by atoms with Crippen molar-refractivity contribution >= 4 is 60.1 Å². The Hall–Kier alpha value is -3.11. The summed E-state index contributed by atoms with van der Waals surface area (Å²) in [5.41, 5.74) is 1.75. The molecule has 10 heteroatoms. The number of carbonyl (C=O) groups is 2. The maximum Gasteiger partial charge on any atom is 0.338 e. The lowest BCUT2D eigenvalue weighted by Gasteiger charge is -2.05. The Labute approximate surface area is 179 Å². The lowest BCUT2D eigenvalue weighted by molar-refractivity contribution is -0.116. The van der Waals surface area contributed by atoms with Crippen LogP contribution >= 0.6 is 22.7 Å². The Kier molecular flexibility index (Phi) is 5.35. The molecule has 0 fully saturated rings. The first-order valence-electron chi connectivity index (χ1n) is 9.20.